The van der Waals surface area contributed by atoms with Crippen LogP contribution in [0.15, 0.2) is 36.5 Å². The predicted molar refractivity (Wildman–Crippen MR) is 109 cm³/mol. The van der Waals surface area contributed by atoms with E-state index in [2.05, 4.69) is 21.9 Å². The minimum Gasteiger partial charge on any atom is -0.380 e. The maximum atomic E-state index is 13.5. The van der Waals surface area contributed by atoms with Crippen molar-refractivity contribution in [3.63, 3.8) is 0 Å². The topological polar surface area (TPSA) is 114 Å². The van der Waals surface area contributed by atoms with Crippen LogP contribution in [0.4, 0.5) is 13.2 Å². The number of hydrogen-bond donors (Lipinski definition) is 2. The Labute approximate surface area is 180 Å². The first-order valence-electron chi connectivity index (χ1n) is 9.31. The number of carbonyl (C=O) groups is 2. The first-order valence-corrected chi connectivity index (χ1v) is 9.31. The van der Waals surface area contributed by atoms with E-state index >= 15 is 0 Å². The van der Waals surface area contributed by atoms with Gasteiger partial charge in [-0.1, -0.05) is 11.8 Å². The van der Waals surface area contributed by atoms with E-state index in [1.807, 2.05) is 0 Å². The van der Waals surface area contributed by atoms with Gasteiger partial charge in [0.2, 0.25) is 6.41 Å². The van der Waals surface area contributed by atoms with Gasteiger partial charge in [-0.2, -0.15) is 18.3 Å². The van der Waals surface area contributed by atoms with Crippen LogP contribution < -0.4 is 5.73 Å². The maximum Gasteiger partial charge on any atom is 0.416 e. The number of pyridine rings is 1. The first kappa shape index (κ1) is 22.8. The summed E-state index contributed by atoms with van der Waals surface area (Å²) < 4.78 is 41.6. The molecular formula is C21H18F3N5O3. The molecule has 2 aromatic heterocycles. The van der Waals surface area contributed by atoms with Gasteiger partial charge in [-0.05, 0) is 30.3 Å². The molecule has 0 radical (unpaired) electrons. The number of hydrogen-bond acceptors (Lipinski definition) is 5. The molecule has 3 aromatic rings. The van der Waals surface area contributed by atoms with E-state index in [1.165, 1.54) is 30.3 Å². The molecule has 0 unspecified atom stereocenters. The summed E-state index contributed by atoms with van der Waals surface area (Å²) in [4.78, 5) is 27.7. The molecular weight excluding hydrogens is 427 g/mol. The van der Waals surface area contributed by atoms with Crippen LogP contribution in [0.3, 0.4) is 0 Å². The van der Waals surface area contributed by atoms with Crippen molar-refractivity contribution in [2.75, 3.05) is 13.6 Å². The zero-order chi connectivity index (χ0) is 23.5. The number of amides is 2. The lowest BCUT2D eigenvalue weighted by atomic mass is 10.1. The van der Waals surface area contributed by atoms with Crippen LogP contribution in [0.5, 0.6) is 0 Å². The number of rotatable bonds is 6. The second kappa shape index (κ2) is 9.07. The molecule has 32 heavy (non-hydrogen) atoms. The van der Waals surface area contributed by atoms with Crippen LogP contribution >= 0.6 is 0 Å². The summed E-state index contributed by atoms with van der Waals surface area (Å²) in [6, 6.07) is 6.11. The van der Waals surface area contributed by atoms with Gasteiger partial charge in [0.1, 0.15) is 6.10 Å². The Morgan fingerprint density at radius 1 is 1.38 bits per heavy atom. The van der Waals surface area contributed by atoms with Crippen molar-refractivity contribution < 1.29 is 27.9 Å². The van der Waals surface area contributed by atoms with Crippen molar-refractivity contribution in [3.8, 4) is 17.5 Å². The van der Waals surface area contributed by atoms with E-state index in [9.17, 15) is 27.9 Å². The molecule has 2 heterocycles. The van der Waals surface area contributed by atoms with Crippen molar-refractivity contribution in [1.82, 2.24) is 19.7 Å². The zero-order valence-electron chi connectivity index (χ0n) is 16.8. The van der Waals surface area contributed by atoms with Crippen LogP contribution in [-0.4, -0.2) is 56.8 Å². The lowest BCUT2D eigenvalue weighted by molar-refractivity contribution is -0.137. The number of halogens is 3. The van der Waals surface area contributed by atoms with E-state index in [0.29, 0.717) is 11.8 Å². The van der Waals surface area contributed by atoms with E-state index in [1.54, 1.807) is 6.07 Å². The Morgan fingerprint density at radius 2 is 2.12 bits per heavy atom. The highest BCUT2D eigenvalue weighted by molar-refractivity contribution is 6.03. The second-order valence-electron chi connectivity index (χ2n) is 6.93. The van der Waals surface area contributed by atoms with Crippen molar-refractivity contribution in [1.29, 1.82) is 0 Å². The van der Waals surface area contributed by atoms with Crippen molar-refractivity contribution in [2.24, 2.45) is 5.73 Å². The molecule has 0 bridgehead atoms. The quantitative estimate of drug-likeness (QED) is 0.443. The summed E-state index contributed by atoms with van der Waals surface area (Å²) in [7, 11) is 1.52. The van der Waals surface area contributed by atoms with Crippen molar-refractivity contribution >= 4 is 23.4 Å². The summed E-state index contributed by atoms with van der Waals surface area (Å²) in [5.74, 6) is 4.15. The van der Waals surface area contributed by atoms with E-state index in [0.717, 1.165) is 16.8 Å². The summed E-state index contributed by atoms with van der Waals surface area (Å²) in [6.45, 7) is 0.230. The average Bonchev–Trinajstić information content (AvgIpc) is 3.15. The lowest BCUT2D eigenvalue weighted by Crippen LogP contribution is -2.21. The first-order chi connectivity index (χ1) is 15.1. The Morgan fingerprint density at radius 3 is 2.78 bits per heavy atom. The number of carbonyl (C=O) groups excluding carboxylic acids is 2. The van der Waals surface area contributed by atoms with Crippen molar-refractivity contribution in [2.45, 2.75) is 18.7 Å². The molecule has 1 atom stereocenters. The molecule has 3 N–H and O–H groups in total. The minimum atomic E-state index is -4.68. The summed E-state index contributed by atoms with van der Waals surface area (Å²) in [6.07, 6.45) is -3.71. The lowest BCUT2D eigenvalue weighted by Gasteiger charge is -2.11. The van der Waals surface area contributed by atoms with Gasteiger partial charge in [-0.25, -0.2) is 9.67 Å². The van der Waals surface area contributed by atoms with Gasteiger partial charge >= 0.3 is 6.18 Å². The molecule has 0 saturated carbocycles. The van der Waals surface area contributed by atoms with Gasteiger partial charge in [0.05, 0.1) is 16.6 Å². The molecule has 0 aliphatic heterocycles. The Balaban J connectivity index is 2.08. The SMILES string of the molecule is CN(C=O)CC[C@@H](O)C#Cc1cc(-n2nc(C(N)=O)c3cccnc32)cc(C(F)(F)F)c1. The fourth-order valence-electron chi connectivity index (χ4n) is 2.90. The fraction of sp³-hybridized carbons (Fsp3) is 0.238. The third-order valence-electron chi connectivity index (χ3n) is 4.48. The summed E-state index contributed by atoms with van der Waals surface area (Å²) >= 11 is 0. The Bertz CT molecular complexity index is 1230. The largest absolute Gasteiger partial charge is 0.416 e. The molecule has 8 nitrogen and oxygen atoms in total. The average molecular weight is 445 g/mol. The predicted octanol–water partition coefficient (Wildman–Crippen LogP) is 1.73. The molecule has 0 spiro atoms. The van der Waals surface area contributed by atoms with E-state index < -0.39 is 23.8 Å². The van der Waals surface area contributed by atoms with Gasteiger partial charge in [0.25, 0.3) is 5.91 Å². The molecule has 0 aliphatic carbocycles. The number of nitrogens with zero attached hydrogens (tertiary/aromatic N) is 4. The Hall–Kier alpha value is -3.91. The van der Waals surface area contributed by atoms with E-state index in [-0.39, 0.29) is 35.6 Å². The highest BCUT2D eigenvalue weighted by Gasteiger charge is 2.31. The zero-order valence-corrected chi connectivity index (χ0v) is 16.8. The normalized spacial score (nSPS) is 12.2. The molecule has 2 amide bonds. The molecule has 0 saturated heterocycles. The van der Waals surface area contributed by atoms with Crippen LogP contribution in [0.2, 0.25) is 0 Å². The highest BCUT2D eigenvalue weighted by atomic mass is 19.4. The number of alkyl halides is 3. The third-order valence-corrected chi connectivity index (χ3v) is 4.48. The summed E-state index contributed by atoms with van der Waals surface area (Å²) in [5.41, 5.74) is 4.31. The second-order valence-corrected chi connectivity index (χ2v) is 6.93. The summed E-state index contributed by atoms with van der Waals surface area (Å²) in [5, 5.41) is 14.3. The molecule has 11 heteroatoms. The van der Waals surface area contributed by atoms with Gasteiger partial charge in [0.15, 0.2) is 11.3 Å². The minimum absolute atomic E-state index is 0.0298. The van der Waals surface area contributed by atoms with Crippen LogP contribution in [0, 0.1) is 11.8 Å². The van der Waals surface area contributed by atoms with Crippen molar-refractivity contribution in [3.05, 3.63) is 53.3 Å². The van der Waals surface area contributed by atoms with Gasteiger partial charge in [-0.3, -0.25) is 9.59 Å². The standard InChI is InChI=1S/C21H18F3N5O3/c1-28(12-30)8-6-16(31)5-4-13-9-14(21(22,23)24)11-15(10-13)29-20-17(3-2-7-26-20)18(27-29)19(25)32/h2-3,7,9-12,16,31H,6,8H2,1H3,(H2,25,32)/t16-/m0/s1. The molecule has 0 aliphatic rings. The van der Waals surface area contributed by atoms with Gasteiger partial charge in [-0.15, -0.1) is 0 Å². The highest BCUT2D eigenvalue weighted by Crippen LogP contribution is 2.32. The molecule has 0 fully saturated rings. The number of fused-ring (bicyclic) bond motifs is 1. The Kier molecular flexibility index (Phi) is 6.45. The number of aliphatic hydroxyl groups is 1. The molecule has 166 valence electrons. The number of nitrogens with two attached hydrogens (primary N) is 1. The number of aromatic nitrogens is 3. The van der Waals surface area contributed by atoms with Crippen LogP contribution in [0.25, 0.3) is 16.7 Å². The maximum absolute atomic E-state index is 13.5. The monoisotopic (exact) mass is 445 g/mol. The van der Waals surface area contributed by atoms with Gasteiger partial charge < -0.3 is 15.7 Å². The fourth-order valence-corrected chi connectivity index (χ4v) is 2.90. The third kappa shape index (κ3) is 5.04. The van der Waals surface area contributed by atoms with E-state index in [4.69, 9.17) is 5.73 Å². The molecule has 3 rings (SSSR count). The van der Waals surface area contributed by atoms with Crippen LogP contribution in [-0.2, 0) is 11.0 Å². The number of aliphatic hydroxyl groups excluding tert-OH is 1. The number of primary amides is 1. The molecule has 1 aromatic carbocycles. The number of benzene rings is 1. The smallest absolute Gasteiger partial charge is 0.380 e. The van der Waals surface area contributed by atoms with Gasteiger partial charge in [0, 0.05) is 31.8 Å². The van der Waals surface area contributed by atoms with Crippen LogP contribution in [0.1, 0.15) is 28.0 Å².